The van der Waals surface area contributed by atoms with E-state index in [1.807, 2.05) is 0 Å². The maximum Gasteiger partial charge on any atom is 0.308 e. The summed E-state index contributed by atoms with van der Waals surface area (Å²) in [6.45, 7) is 1.05. The molecule has 90 valence electrons. The van der Waals surface area contributed by atoms with E-state index in [0.717, 1.165) is 5.56 Å². The predicted octanol–water partition coefficient (Wildman–Crippen LogP) is -0.562. The summed E-state index contributed by atoms with van der Waals surface area (Å²) >= 11 is 0. The van der Waals surface area contributed by atoms with Crippen molar-refractivity contribution >= 4 is 11.9 Å². The SMILES string of the molecule is O=C([O-])c1ccc([C@H]2CNC[C@@H]2C(=O)O)cc1. The molecule has 1 saturated heterocycles. The van der Waals surface area contributed by atoms with Crippen molar-refractivity contribution in [2.24, 2.45) is 5.92 Å². The zero-order valence-corrected chi connectivity index (χ0v) is 9.05. The highest BCUT2D eigenvalue weighted by Crippen LogP contribution is 2.28. The van der Waals surface area contributed by atoms with Crippen LogP contribution in [0.4, 0.5) is 0 Å². The molecule has 0 spiro atoms. The topological polar surface area (TPSA) is 89.5 Å². The summed E-state index contributed by atoms with van der Waals surface area (Å²) in [6, 6.07) is 6.20. The van der Waals surface area contributed by atoms with E-state index in [1.165, 1.54) is 12.1 Å². The number of carbonyl (C=O) groups is 2. The summed E-state index contributed by atoms with van der Waals surface area (Å²) < 4.78 is 0. The van der Waals surface area contributed by atoms with Gasteiger partial charge in [0.2, 0.25) is 0 Å². The van der Waals surface area contributed by atoms with Crippen LogP contribution in [0.25, 0.3) is 0 Å². The van der Waals surface area contributed by atoms with Crippen LogP contribution in [-0.4, -0.2) is 30.1 Å². The summed E-state index contributed by atoms with van der Waals surface area (Å²) in [5, 5.41) is 22.7. The normalized spacial score (nSPS) is 23.5. The number of hydrogen-bond acceptors (Lipinski definition) is 4. The van der Waals surface area contributed by atoms with Gasteiger partial charge in [0.1, 0.15) is 0 Å². The van der Waals surface area contributed by atoms with E-state index in [-0.39, 0.29) is 11.5 Å². The van der Waals surface area contributed by atoms with E-state index in [0.29, 0.717) is 13.1 Å². The molecule has 1 aromatic carbocycles. The van der Waals surface area contributed by atoms with Crippen LogP contribution in [0.15, 0.2) is 24.3 Å². The van der Waals surface area contributed by atoms with E-state index < -0.39 is 17.9 Å². The third-order valence-corrected chi connectivity index (χ3v) is 3.11. The number of nitrogens with one attached hydrogen (secondary N) is 1. The van der Waals surface area contributed by atoms with E-state index >= 15 is 0 Å². The molecule has 0 bridgehead atoms. The lowest BCUT2D eigenvalue weighted by molar-refractivity contribution is -0.255. The molecule has 2 atom stereocenters. The lowest BCUT2D eigenvalue weighted by atomic mass is 9.88. The van der Waals surface area contributed by atoms with Gasteiger partial charge in [0.25, 0.3) is 0 Å². The van der Waals surface area contributed by atoms with Crippen molar-refractivity contribution in [3.05, 3.63) is 35.4 Å². The Morgan fingerprint density at radius 1 is 1.24 bits per heavy atom. The van der Waals surface area contributed by atoms with Gasteiger partial charge in [-0.2, -0.15) is 0 Å². The molecular formula is C12H12NO4-. The van der Waals surface area contributed by atoms with Gasteiger partial charge in [0, 0.05) is 19.0 Å². The molecular weight excluding hydrogens is 222 g/mol. The first-order valence-corrected chi connectivity index (χ1v) is 5.34. The van der Waals surface area contributed by atoms with Crippen LogP contribution in [0.1, 0.15) is 21.8 Å². The van der Waals surface area contributed by atoms with Gasteiger partial charge >= 0.3 is 5.97 Å². The quantitative estimate of drug-likeness (QED) is 0.731. The van der Waals surface area contributed by atoms with Crippen molar-refractivity contribution in [2.75, 3.05) is 13.1 Å². The molecule has 1 fully saturated rings. The number of carboxylic acid groups (broad SMARTS) is 2. The number of hydrogen-bond donors (Lipinski definition) is 2. The van der Waals surface area contributed by atoms with E-state index in [4.69, 9.17) is 5.11 Å². The average molecular weight is 234 g/mol. The molecule has 0 saturated carbocycles. The number of aliphatic carboxylic acids is 1. The van der Waals surface area contributed by atoms with E-state index in [2.05, 4.69) is 5.32 Å². The van der Waals surface area contributed by atoms with Crippen LogP contribution in [-0.2, 0) is 4.79 Å². The monoisotopic (exact) mass is 234 g/mol. The highest BCUT2D eigenvalue weighted by Gasteiger charge is 2.33. The minimum atomic E-state index is -1.23. The van der Waals surface area contributed by atoms with Gasteiger partial charge in [-0.15, -0.1) is 0 Å². The van der Waals surface area contributed by atoms with Gasteiger partial charge in [0.05, 0.1) is 11.9 Å². The highest BCUT2D eigenvalue weighted by atomic mass is 16.4. The van der Waals surface area contributed by atoms with Crippen molar-refractivity contribution in [3.63, 3.8) is 0 Å². The Balaban J connectivity index is 2.22. The third-order valence-electron chi connectivity index (χ3n) is 3.11. The van der Waals surface area contributed by atoms with Gasteiger partial charge in [-0.05, 0) is 11.1 Å². The zero-order chi connectivity index (χ0) is 12.4. The van der Waals surface area contributed by atoms with Crippen LogP contribution in [0.5, 0.6) is 0 Å². The van der Waals surface area contributed by atoms with Crippen LogP contribution in [0.2, 0.25) is 0 Å². The first-order chi connectivity index (χ1) is 8.09. The molecule has 2 N–H and O–H groups in total. The second-order valence-electron chi connectivity index (χ2n) is 4.12. The fourth-order valence-electron chi connectivity index (χ4n) is 2.15. The number of aromatic carboxylic acids is 1. The number of benzene rings is 1. The Bertz CT molecular complexity index is 440. The number of carbonyl (C=O) groups excluding carboxylic acids is 1. The second-order valence-corrected chi connectivity index (χ2v) is 4.12. The van der Waals surface area contributed by atoms with Crippen molar-refractivity contribution in [3.8, 4) is 0 Å². The van der Waals surface area contributed by atoms with Gasteiger partial charge in [-0.1, -0.05) is 24.3 Å². The Hall–Kier alpha value is -1.88. The van der Waals surface area contributed by atoms with Gasteiger partial charge in [-0.3, -0.25) is 4.79 Å². The Morgan fingerprint density at radius 2 is 1.88 bits per heavy atom. The molecule has 17 heavy (non-hydrogen) atoms. The maximum atomic E-state index is 11.0. The predicted molar refractivity (Wildman–Crippen MR) is 57.5 cm³/mol. The van der Waals surface area contributed by atoms with Crippen LogP contribution >= 0.6 is 0 Å². The summed E-state index contributed by atoms with van der Waals surface area (Å²) in [4.78, 5) is 21.6. The lowest BCUT2D eigenvalue weighted by Gasteiger charge is -2.15. The molecule has 0 radical (unpaired) electrons. The van der Waals surface area contributed by atoms with Gasteiger partial charge in [0.15, 0.2) is 0 Å². The summed E-state index contributed by atoms with van der Waals surface area (Å²) in [5.41, 5.74) is 0.944. The average Bonchev–Trinajstić information content (AvgIpc) is 2.78. The lowest BCUT2D eigenvalue weighted by Crippen LogP contribution is -2.23. The molecule has 1 heterocycles. The molecule has 2 rings (SSSR count). The molecule has 1 aromatic rings. The Morgan fingerprint density at radius 3 is 2.41 bits per heavy atom. The molecule has 0 aromatic heterocycles. The summed E-state index contributed by atoms with van der Waals surface area (Å²) in [7, 11) is 0. The summed E-state index contributed by atoms with van der Waals surface area (Å²) in [6.07, 6.45) is 0. The summed E-state index contributed by atoms with van der Waals surface area (Å²) in [5.74, 6) is -2.62. The minimum Gasteiger partial charge on any atom is -0.545 e. The first kappa shape index (κ1) is 11.6. The third kappa shape index (κ3) is 2.29. The molecule has 1 aliphatic rings. The minimum absolute atomic E-state index is 0.103. The second kappa shape index (κ2) is 4.55. The van der Waals surface area contributed by atoms with Crippen LogP contribution < -0.4 is 10.4 Å². The largest absolute Gasteiger partial charge is 0.545 e. The molecule has 5 nitrogen and oxygen atoms in total. The van der Waals surface area contributed by atoms with E-state index in [9.17, 15) is 14.7 Å². The van der Waals surface area contributed by atoms with Gasteiger partial charge in [-0.25, -0.2) is 0 Å². The van der Waals surface area contributed by atoms with Crippen molar-refractivity contribution < 1.29 is 19.8 Å². The Labute approximate surface area is 98.1 Å². The molecule has 0 unspecified atom stereocenters. The number of rotatable bonds is 3. The highest BCUT2D eigenvalue weighted by molar-refractivity contribution is 5.85. The molecule has 1 aliphatic heterocycles. The van der Waals surface area contributed by atoms with Crippen molar-refractivity contribution in [1.82, 2.24) is 5.32 Å². The fourth-order valence-corrected chi connectivity index (χ4v) is 2.15. The molecule has 0 amide bonds. The van der Waals surface area contributed by atoms with Crippen molar-refractivity contribution in [2.45, 2.75) is 5.92 Å². The van der Waals surface area contributed by atoms with Gasteiger partial charge < -0.3 is 20.3 Å². The van der Waals surface area contributed by atoms with Crippen LogP contribution in [0, 0.1) is 5.92 Å². The Kier molecular flexibility index (Phi) is 3.10. The number of carboxylic acids is 2. The zero-order valence-electron chi connectivity index (χ0n) is 9.05. The fraction of sp³-hybridized carbons (Fsp3) is 0.333. The van der Waals surface area contributed by atoms with E-state index in [1.54, 1.807) is 12.1 Å². The standard InChI is InChI=1S/C12H13NO4/c14-11(15)8-3-1-7(2-4-8)9-5-13-6-10(9)12(16)17/h1-4,9-10,13H,5-6H2,(H,14,15)(H,16,17)/p-1/t9-,10+/m1/s1. The maximum absolute atomic E-state index is 11.0. The van der Waals surface area contributed by atoms with Crippen LogP contribution in [0.3, 0.4) is 0 Å². The molecule has 5 heteroatoms. The smallest absolute Gasteiger partial charge is 0.308 e. The van der Waals surface area contributed by atoms with Crippen molar-refractivity contribution in [1.29, 1.82) is 0 Å². The first-order valence-electron chi connectivity index (χ1n) is 5.34. The molecule has 0 aliphatic carbocycles.